The summed E-state index contributed by atoms with van der Waals surface area (Å²) in [4.78, 5) is 30.7. The lowest BCUT2D eigenvalue weighted by Crippen LogP contribution is -2.55. The van der Waals surface area contributed by atoms with Gasteiger partial charge in [0.1, 0.15) is 5.69 Å². The summed E-state index contributed by atoms with van der Waals surface area (Å²) in [5.74, 6) is -0.00387. The van der Waals surface area contributed by atoms with Gasteiger partial charge in [-0.05, 0) is 12.5 Å². The molecule has 0 aliphatic carbocycles. The first-order chi connectivity index (χ1) is 12.1. The monoisotopic (exact) mass is 349 g/mol. The molecule has 1 aromatic rings. The third-order valence-corrected chi connectivity index (χ3v) is 4.77. The Bertz CT molecular complexity index is 616. The minimum atomic E-state index is -0.00387. The van der Waals surface area contributed by atoms with Crippen molar-refractivity contribution in [2.75, 3.05) is 52.5 Å². The summed E-state index contributed by atoms with van der Waals surface area (Å²) in [6.45, 7) is 6.85. The van der Waals surface area contributed by atoms with Crippen molar-refractivity contribution in [1.29, 1.82) is 0 Å². The van der Waals surface area contributed by atoms with Crippen molar-refractivity contribution in [3.63, 3.8) is 0 Å². The number of urea groups is 1. The predicted octanol–water partition coefficient (Wildman–Crippen LogP) is 0.583. The van der Waals surface area contributed by atoms with Crippen molar-refractivity contribution < 1.29 is 14.3 Å². The first-order valence-electron chi connectivity index (χ1n) is 9.04. The van der Waals surface area contributed by atoms with Crippen LogP contribution in [-0.2, 0) is 18.2 Å². The average Bonchev–Trinajstić information content (AvgIpc) is 3.02. The highest BCUT2D eigenvalue weighted by atomic mass is 16.5. The van der Waals surface area contributed by atoms with Crippen LogP contribution in [0.2, 0.25) is 0 Å². The van der Waals surface area contributed by atoms with E-state index in [1.54, 1.807) is 4.68 Å². The van der Waals surface area contributed by atoms with E-state index in [1.165, 1.54) is 0 Å². The Kier molecular flexibility index (Phi) is 5.57. The molecular weight excluding hydrogens is 322 g/mol. The molecule has 0 spiro atoms. The fraction of sp³-hybridized carbons (Fsp3) is 0.706. The molecule has 25 heavy (non-hydrogen) atoms. The molecule has 3 heterocycles. The van der Waals surface area contributed by atoms with E-state index in [0.29, 0.717) is 58.2 Å². The Morgan fingerprint density at radius 3 is 2.28 bits per heavy atom. The maximum absolute atomic E-state index is 12.8. The fourth-order valence-corrected chi connectivity index (χ4v) is 3.32. The molecule has 0 N–H and O–H groups in total. The predicted molar refractivity (Wildman–Crippen MR) is 92.5 cm³/mol. The number of carbonyl (C=O) groups excluding carboxylic acids is 2. The maximum Gasteiger partial charge on any atom is 0.320 e. The van der Waals surface area contributed by atoms with E-state index in [9.17, 15) is 9.59 Å². The molecule has 3 rings (SSSR count). The number of amides is 3. The Hall–Kier alpha value is -2.09. The van der Waals surface area contributed by atoms with Gasteiger partial charge in [-0.2, -0.15) is 5.10 Å². The van der Waals surface area contributed by atoms with Gasteiger partial charge in [-0.1, -0.05) is 13.3 Å². The van der Waals surface area contributed by atoms with Gasteiger partial charge >= 0.3 is 6.03 Å². The lowest BCUT2D eigenvalue weighted by atomic mass is 10.2. The average molecular weight is 349 g/mol. The number of hydrogen-bond donors (Lipinski definition) is 0. The van der Waals surface area contributed by atoms with Gasteiger partial charge in [0, 0.05) is 46.3 Å². The highest BCUT2D eigenvalue weighted by Crippen LogP contribution is 2.13. The molecule has 0 unspecified atom stereocenters. The molecule has 138 valence electrons. The van der Waals surface area contributed by atoms with Crippen LogP contribution in [0.5, 0.6) is 0 Å². The van der Waals surface area contributed by atoms with Gasteiger partial charge in [0.15, 0.2) is 0 Å². The smallest absolute Gasteiger partial charge is 0.320 e. The van der Waals surface area contributed by atoms with Crippen LogP contribution in [0.15, 0.2) is 6.07 Å². The van der Waals surface area contributed by atoms with Crippen molar-refractivity contribution in [1.82, 2.24) is 24.5 Å². The summed E-state index contributed by atoms with van der Waals surface area (Å²) in [6, 6.07) is 1.94. The number of piperazine rings is 1. The molecule has 8 heteroatoms. The molecule has 8 nitrogen and oxygen atoms in total. The number of hydrogen-bond acceptors (Lipinski definition) is 4. The van der Waals surface area contributed by atoms with Crippen LogP contribution in [0.25, 0.3) is 0 Å². The molecule has 0 radical (unpaired) electrons. The Morgan fingerprint density at radius 1 is 1.04 bits per heavy atom. The van der Waals surface area contributed by atoms with Crippen LogP contribution in [0, 0.1) is 0 Å². The van der Waals surface area contributed by atoms with Crippen molar-refractivity contribution >= 4 is 11.9 Å². The second kappa shape index (κ2) is 7.86. The second-order valence-electron chi connectivity index (χ2n) is 6.56. The third-order valence-electron chi connectivity index (χ3n) is 4.77. The van der Waals surface area contributed by atoms with Gasteiger partial charge in [-0.3, -0.25) is 9.48 Å². The van der Waals surface area contributed by atoms with E-state index >= 15 is 0 Å². The van der Waals surface area contributed by atoms with Gasteiger partial charge in [-0.25, -0.2) is 4.79 Å². The van der Waals surface area contributed by atoms with Crippen LogP contribution in [0.3, 0.4) is 0 Å². The molecule has 3 amide bonds. The number of morpholine rings is 1. The standard InChI is InChI=1S/C17H27N5O3/c1-3-4-14-13-15(19(2)18-14)16(23)20-5-7-21(8-6-20)17(24)22-9-11-25-12-10-22/h13H,3-12H2,1-2H3. The first-order valence-corrected chi connectivity index (χ1v) is 9.04. The topological polar surface area (TPSA) is 70.9 Å². The molecule has 2 fully saturated rings. The molecule has 0 aromatic carbocycles. The minimum Gasteiger partial charge on any atom is -0.378 e. The number of carbonyl (C=O) groups is 2. The Labute approximate surface area is 148 Å². The summed E-state index contributed by atoms with van der Waals surface area (Å²) < 4.78 is 6.96. The number of aryl methyl sites for hydroxylation is 2. The largest absolute Gasteiger partial charge is 0.378 e. The second-order valence-corrected chi connectivity index (χ2v) is 6.56. The van der Waals surface area contributed by atoms with E-state index < -0.39 is 0 Å². The number of aromatic nitrogens is 2. The number of rotatable bonds is 3. The lowest BCUT2D eigenvalue weighted by Gasteiger charge is -2.38. The summed E-state index contributed by atoms with van der Waals surface area (Å²) in [5, 5.41) is 4.41. The van der Waals surface area contributed by atoms with E-state index in [0.717, 1.165) is 18.5 Å². The molecule has 0 saturated carbocycles. The Balaban J connectivity index is 1.56. The molecule has 0 bridgehead atoms. The van der Waals surface area contributed by atoms with E-state index in [4.69, 9.17) is 4.74 Å². The van der Waals surface area contributed by atoms with Crippen LogP contribution in [0.1, 0.15) is 29.5 Å². The van der Waals surface area contributed by atoms with Crippen LogP contribution >= 0.6 is 0 Å². The number of ether oxygens (including phenoxy) is 1. The summed E-state index contributed by atoms with van der Waals surface area (Å²) in [5.41, 5.74) is 1.57. The Morgan fingerprint density at radius 2 is 1.64 bits per heavy atom. The van der Waals surface area contributed by atoms with Gasteiger partial charge in [0.05, 0.1) is 18.9 Å². The van der Waals surface area contributed by atoms with Crippen molar-refractivity contribution in [2.24, 2.45) is 7.05 Å². The molecular formula is C17H27N5O3. The van der Waals surface area contributed by atoms with Crippen molar-refractivity contribution in [3.8, 4) is 0 Å². The first kappa shape index (κ1) is 17.7. The van der Waals surface area contributed by atoms with E-state index in [1.807, 2.05) is 27.8 Å². The molecule has 2 aliphatic rings. The van der Waals surface area contributed by atoms with Crippen LogP contribution in [0.4, 0.5) is 4.79 Å². The third kappa shape index (κ3) is 3.95. The zero-order valence-corrected chi connectivity index (χ0v) is 15.1. The highest BCUT2D eigenvalue weighted by molar-refractivity contribution is 5.93. The normalized spacial score (nSPS) is 18.6. The summed E-state index contributed by atoms with van der Waals surface area (Å²) in [7, 11) is 1.81. The number of nitrogens with zero attached hydrogens (tertiary/aromatic N) is 5. The van der Waals surface area contributed by atoms with Crippen molar-refractivity contribution in [2.45, 2.75) is 19.8 Å². The fourth-order valence-electron chi connectivity index (χ4n) is 3.32. The van der Waals surface area contributed by atoms with E-state index in [2.05, 4.69) is 12.0 Å². The van der Waals surface area contributed by atoms with Gasteiger partial charge in [0.2, 0.25) is 0 Å². The zero-order chi connectivity index (χ0) is 17.8. The highest BCUT2D eigenvalue weighted by Gasteiger charge is 2.29. The van der Waals surface area contributed by atoms with Crippen molar-refractivity contribution in [3.05, 3.63) is 17.5 Å². The molecule has 2 aliphatic heterocycles. The quantitative estimate of drug-likeness (QED) is 0.800. The zero-order valence-electron chi connectivity index (χ0n) is 15.1. The van der Waals surface area contributed by atoms with Crippen LogP contribution < -0.4 is 0 Å². The molecule has 1 aromatic heterocycles. The van der Waals surface area contributed by atoms with Gasteiger partial charge in [0.25, 0.3) is 5.91 Å². The molecule has 0 atom stereocenters. The van der Waals surface area contributed by atoms with E-state index in [-0.39, 0.29) is 11.9 Å². The minimum absolute atomic E-state index is 0.00387. The van der Waals surface area contributed by atoms with Crippen LogP contribution in [-0.4, -0.2) is 88.9 Å². The van der Waals surface area contributed by atoms with Gasteiger partial charge in [-0.15, -0.1) is 0 Å². The lowest BCUT2D eigenvalue weighted by molar-refractivity contribution is 0.0361. The molecule has 2 saturated heterocycles. The SMILES string of the molecule is CCCc1cc(C(=O)N2CCN(C(=O)N3CCOCC3)CC2)n(C)n1. The summed E-state index contributed by atoms with van der Waals surface area (Å²) in [6.07, 6.45) is 1.88. The summed E-state index contributed by atoms with van der Waals surface area (Å²) >= 11 is 0. The maximum atomic E-state index is 12.8. The van der Waals surface area contributed by atoms with Gasteiger partial charge < -0.3 is 19.4 Å².